The molecular formula is C17H24FNO. The van der Waals surface area contributed by atoms with Gasteiger partial charge in [0.05, 0.1) is 0 Å². The quantitative estimate of drug-likeness (QED) is 0.818. The highest BCUT2D eigenvalue weighted by atomic mass is 19.1. The van der Waals surface area contributed by atoms with Crippen molar-refractivity contribution < 1.29 is 9.18 Å². The fraction of sp³-hybridized carbons (Fsp3) is 0.588. The van der Waals surface area contributed by atoms with Crippen LogP contribution in [-0.4, -0.2) is 23.9 Å². The number of hydrogen-bond donors (Lipinski definition) is 0. The molecule has 110 valence electrons. The van der Waals surface area contributed by atoms with Crippen LogP contribution in [0.1, 0.15) is 51.0 Å². The van der Waals surface area contributed by atoms with Gasteiger partial charge in [0.2, 0.25) is 5.91 Å². The van der Waals surface area contributed by atoms with Gasteiger partial charge in [-0.15, -0.1) is 0 Å². The molecule has 0 radical (unpaired) electrons. The molecule has 1 heterocycles. The van der Waals surface area contributed by atoms with Crippen molar-refractivity contribution in [2.45, 2.75) is 45.4 Å². The van der Waals surface area contributed by atoms with Gasteiger partial charge in [-0.2, -0.15) is 0 Å². The average Bonchev–Trinajstić information content (AvgIpc) is 2.64. The third-order valence-corrected chi connectivity index (χ3v) is 3.95. The molecule has 0 aliphatic carbocycles. The van der Waals surface area contributed by atoms with Crippen molar-refractivity contribution in [2.75, 3.05) is 13.1 Å². The molecule has 2 rings (SSSR count). The number of rotatable bonds is 3. The van der Waals surface area contributed by atoms with E-state index in [1.807, 2.05) is 17.0 Å². The summed E-state index contributed by atoms with van der Waals surface area (Å²) in [5.74, 6) is 0.799. The van der Waals surface area contributed by atoms with E-state index in [1.165, 1.54) is 12.1 Å². The first kappa shape index (κ1) is 15.0. The Morgan fingerprint density at radius 2 is 2.00 bits per heavy atom. The molecule has 1 fully saturated rings. The fourth-order valence-electron chi connectivity index (χ4n) is 2.85. The summed E-state index contributed by atoms with van der Waals surface area (Å²) in [5.41, 5.74) is 1.15. The van der Waals surface area contributed by atoms with Crippen LogP contribution in [0.15, 0.2) is 24.3 Å². The summed E-state index contributed by atoms with van der Waals surface area (Å²) in [7, 11) is 0. The third-order valence-electron chi connectivity index (χ3n) is 3.95. The van der Waals surface area contributed by atoms with Gasteiger partial charge in [0, 0.05) is 25.4 Å². The zero-order valence-electron chi connectivity index (χ0n) is 12.4. The molecule has 1 saturated heterocycles. The van der Waals surface area contributed by atoms with Crippen LogP contribution in [0, 0.1) is 11.7 Å². The molecule has 0 N–H and O–H groups in total. The van der Waals surface area contributed by atoms with E-state index in [2.05, 4.69) is 13.8 Å². The number of nitrogens with zero attached hydrogens (tertiary/aromatic N) is 1. The van der Waals surface area contributed by atoms with Crippen molar-refractivity contribution in [3.8, 4) is 0 Å². The van der Waals surface area contributed by atoms with Gasteiger partial charge in [-0.25, -0.2) is 4.39 Å². The first-order valence-electron chi connectivity index (χ1n) is 7.59. The predicted molar refractivity (Wildman–Crippen MR) is 79.0 cm³/mol. The fourth-order valence-corrected chi connectivity index (χ4v) is 2.85. The van der Waals surface area contributed by atoms with E-state index >= 15 is 0 Å². The van der Waals surface area contributed by atoms with E-state index in [9.17, 15) is 9.18 Å². The van der Waals surface area contributed by atoms with Crippen LogP contribution < -0.4 is 0 Å². The Labute approximate surface area is 121 Å². The van der Waals surface area contributed by atoms with Gasteiger partial charge in [0.25, 0.3) is 0 Å². The normalized spacial score (nSPS) is 20.0. The van der Waals surface area contributed by atoms with E-state index in [0.29, 0.717) is 18.3 Å². The molecule has 1 aliphatic heterocycles. The molecule has 1 aliphatic rings. The van der Waals surface area contributed by atoms with E-state index in [1.54, 1.807) is 0 Å². The molecule has 1 atom stereocenters. The molecule has 1 amide bonds. The Morgan fingerprint density at radius 3 is 2.65 bits per heavy atom. The molecule has 1 aromatic rings. The Bertz CT molecular complexity index is 441. The van der Waals surface area contributed by atoms with E-state index in [4.69, 9.17) is 0 Å². The summed E-state index contributed by atoms with van der Waals surface area (Å²) in [4.78, 5) is 14.3. The summed E-state index contributed by atoms with van der Waals surface area (Å²) in [6.45, 7) is 5.79. The monoisotopic (exact) mass is 277 g/mol. The molecule has 2 nitrogen and oxygen atoms in total. The molecule has 0 spiro atoms. The van der Waals surface area contributed by atoms with Gasteiger partial charge >= 0.3 is 0 Å². The Kier molecular flexibility index (Phi) is 5.16. The summed E-state index contributed by atoms with van der Waals surface area (Å²) >= 11 is 0. The zero-order chi connectivity index (χ0) is 14.5. The molecular weight excluding hydrogens is 253 g/mol. The number of likely N-dealkylation sites (tertiary alicyclic amines) is 1. The molecule has 1 aromatic carbocycles. The molecule has 20 heavy (non-hydrogen) atoms. The Hall–Kier alpha value is -1.38. The second kappa shape index (κ2) is 6.87. The highest BCUT2D eigenvalue weighted by Gasteiger charge is 2.23. The standard InChI is InChI=1S/C17H24FNO/c1-13(2)11-17(20)19-10-4-3-5-15(12-19)14-6-8-16(18)9-7-14/h6-9,13,15H,3-5,10-12H2,1-2H3. The van der Waals surface area contributed by atoms with Crippen molar-refractivity contribution in [3.63, 3.8) is 0 Å². The smallest absolute Gasteiger partial charge is 0.222 e. The lowest BCUT2D eigenvalue weighted by atomic mass is 9.94. The molecule has 3 heteroatoms. The van der Waals surface area contributed by atoms with Crippen LogP contribution in [0.5, 0.6) is 0 Å². The lowest BCUT2D eigenvalue weighted by Crippen LogP contribution is -2.34. The van der Waals surface area contributed by atoms with Gasteiger partial charge in [0.1, 0.15) is 5.82 Å². The largest absolute Gasteiger partial charge is 0.342 e. The lowest BCUT2D eigenvalue weighted by Gasteiger charge is -2.25. The van der Waals surface area contributed by atoms with Crippen LogP contribution in [0.3, 0.4) is 0 Å². The van der Waals surface area contributed by atoms with Gasteiger partial charge in [-0.1, -0.05) is 32.4 Å². The first-order chi connectivity index (χ1) is 9.56. The van der Waals surface area contributed by atoms with E-state index in [-0.39, 0.29) is 11.7 Å². The van der Waals surface area contributed by atoms with Crippen LogP contribution >= 0.6 is 0 Å². The second-order valence-corrected chi connectivity index (χ2v) is 6.18. The maximum Gasteiger partial charge on any atom is 0.222 e. The van der Waals surface area contributed by atoms with Crippen LogP contribution in [-0.2, 0) is 4.79 Å². The van der Waals surface area contributed by atoms with Crippen molar-refractivity contribution in [1.82, 2.24) is 4.90 Å². The number of carbonyl (C=O) groups excluding carboxylic acids is 1. The number of carbonyl (C=O) groups is 1. The first-order valence-corrected chi connectivity index (χ1v) is 7.59. The van der Waals surface area contributed by atoms with Crippen molar-refractivity contribution in [3.05, 3.63) is 35.6 Å². The topological polar surface area (TPSA) is 20.3 Å². The summed E-state index contributed by atoms with van der Waals surface area (Å²) in [6, 6.07) is 6.74. The Balaban J connectivity index is 2.06. The maximum absolute atomic E-state index is 13.0. The zero-order valence-corrected chi connectivity index (χ0v) is 12.4. The van der Waals surface area contributed by atoms with E-state index < -0.39 is 0 Å². The number of amides is 1. The minimum absolute atomic E-state index is 0.199. The molecule has 1 unspecified atom stereocenters. The SMILES string of the molecule is CC(C)CC(=O)N1CCCCC(c2ccc(F)cc2)C1. The Morgan fingerprint density at radius 1 is 1.30 bits per heavy atom. The minimum Gasteiger partial charge on any atom is -0.342 e. The average molecular weight is 277 g/mol. The highest BCUT2D eigenvalue weighted by Crippen LogP contribution is 2.27. The molecule has 0 saturated carbocycles. The minimum atomic E-state index is -0.199. The summed E-state index contributed by atoms with van der Waals surface area (Å²) < 4.78 is 13.0. The van der Waals surface area contributed by atoms with Crippen LogP contribution in [0.2, 0.25) is 0 Å². The maximum atomic E-state index is 13.0. The van der Waals surface area contributed by atoms with Gasteiger partial charge in [-0.3, -0.25) is 4.79 Å². The van der Waals surface area contributed by atoms with E-state index in [0.717, 1.165) is 37.9 Å². The summed E-state index contributed by atoms with van der Waals surface area (Å²) in [6.07, 6.45) is 3.91. The number of hydrogen-bond acceptors (Lipinski definition) is 1. The van der Waals surface area contributed by atoms with Gasteiger partial charge in [0.15, 0.2) is 0 Å². The van der Waals surface area contributed by atoms with Crippen molar-refractivity contribution >= 4 is 5.91 Å². The molecule has 0 bridgehead atoms. The third kappa shape index (κ3) is 4.06. The highest BCUT2D eigenvalue weighted by molar-refractivity contribution is 5.76. The number of benzene rings is 1. The number of halogens is 1. The van der Waals surface area contributed by atoms with Crippen LogP contribution in [0.4, 0.5) is 4.39 Å². The lowest BCUT2D eigenvalue weighted by molar-refractivity contribution is -0.132. The summed E-state index contributed by atoms with van der Waals surface area (Å²) in [5, 5.41) is 0. The van der Waals surface area contributed by atoms with Crippen molar-refractivity contribution in [1.29, 1.82) is 0 Å². The van der Waals surface area contributed by atoms with Crippen molar-refractivity contribution in [2.24, 2.45) is 5.92 Å². The van der Waals surface area contributed by atoms with Gasteiger partial charge < -0.3 is 4.90 Å². The predicted octanol–water partition coefficient (Wildman–Crippen LogP) is 3.97. The van der Waals surface area contributed by atoms with Crippen LogP contribution in [0.25, 0.3) is 0 Å². The van der Waals surface area contributed by atoms with Gasteiger partial charge in [-0.05, 0) is 36.5 Å². The molecule has 0 aromatic heterocycles. The second-order valence-electron chi connectivity index (χ2n) is 6.18.